The molecule has 1 saturated heterocycles. The molecule has 2 aromatic carbocycles. The van der Waals surface area contributed by atoms with E-state index in [0.717, 1.165) is 0 Å². The minimum Gasteiger partial charge on any atom is -0.497 e. The van der Waals surface area contributed by atoms with Gasteiger partial charge in [-0.1, -0.05) is 0 Å². The van der Waals surface area contributed by atoms with E-state index in [1.54, 1.807) is 50.4 Å². The average molecular weight is 476 g/mol. The first kappa shape index (κ1) is 24.5. The van der Waals surface area contributed by atoms with Gasteiger partial charge in [-0.2, -0.15) is 4.31 Å². The lowest BCUT2D eigenvalue weighted by atomic mass is 9.98. The molecular formula is C23H29N3O6S. The molecule has 1 heterocycles. The van der Waals surface area contributed by atoms with Crippen molar-refractivity contribution in [2.45, 2.75) is 30.7 Å². The standard InChI is InChI=1S/C23H29N3O6S/c1-16(22(27)25-18-6-8-19(31-2)9-7-18)24-23(28)17-5-4-14-26(15-17)33(29,30)21-12-10-20(32-3)11-13-21/h6-13,16-17H,4-5,14-15H2,1-3H3,(H,24,28)(H,25,27)/t16-,17-/m0/s1. The fourth-order valence-electron chi connectivity index (χ4n) is 3.59. The van der Waals surface area contributed by atoms with Crippen molar-refractivity contribution in [3.63, 3.8) is 0 Å². The number of nitrogens with one attached hydrogen (secondary N) is 2. The molecule has 33 heavy (non-hydrogen) atoms. The molecule has 2 atom stereocenters. The predicted octanol–water partition coefficient (Wildman–Crippen LogP) is 2.25. The molecule has 0 unspecified atom stereocenters. The minimum absolute atomic E-state index is 0.0625. The summed E-state index contributed by atoms with van der Waals surface area (Å²) < 4.78 is 37.5. The molecule has 1 aliphatic rings. The normalized spacial score (nSPS) is 17.6. The first-order chi connectivity index (χ1) is 15.7. The number of carbonyl (C=O) groups is 2. The molecule has 9 nitrogen and oxygen atoms in total. The van der Waals surface area contributed by atoms with Crippen LogP contribution >= 0.6 is 0 Å². The van der Waals surface area contributed by atoms with E-state index in [1.165, 1.54) is 23.5 Å². The largest absolute Gasteiger partial charge is 0.497 e. The van der Waals surface area contributed by atoms with Crippen LogP contribution in [0.5, 0.6) is 11.5 Å². The van der Waals surface area contributed by atoms with Crippen molar-refractivity contribution >= 4 is 27.5 Å². The van der Waals surface area contributed by atoms with E-state index < -0.39 is 22.0 Å². The number of methoxy groups -OCH3 is 2. The van der Waals surface area contributed by atoms with Crippen LogP contribution in [0.4, 0.5) is 5.69 Å². The van der Waals surface area contributed by atoms with Crippen LogP contribution in [0.25, 0.3) is 0 Å². The SMILES string of the molecule is COc1ccc(NC(=O)[C@H](C)NC(=O)[C@H]2CCCN(S(=O)(=O)c3ccc(OC)cc3)C2)cc1. The fraction of sp³-hybridized carbons (Fsp3) is 0.391. The first-order valence-electron chi connectivity index (χ1n) is 10.6. The second-order valence-corrected chi connectivity index (χ2v) is 9.76. The van der Waals surface area contributed by atoms with Crippen molar-refractivity contribution in [1.82, 2.24) is 9.62 Å². The zero-order valence-electron chi connectivity index (χ0n) is 18.9. The Hall–Kier alpha value is -3.11. The van der Waals surface area contributed by atoms with E-state index in [1.807, 2.05) is 0 Å². The van der Waals surface area contributed by atoms with Crippen molar-refractivity contribution < 1.29 is 27.5 Å². The molecule has 0 radical (unpaired) electrons. The third-order valence-electron chi connectivity index (χ3n) is 5.56. The number of nitrogens with zero attached hydrogens (tertiary/aromatic N) is 1. The second-order valence-electron chi connectivity index (χ2n) is 7.83. The molecule has 1 aliphatic heterocycles. The monoisotopic (exact) mass is 475 g/mol. The van der Waals surface area contributed by atoms with E-state index in [9.17, 15) is 18.0 Å². The maximum absolute atomic E-state index is 13.0. The molecule has 0 aromatic heterocycles. The predicted molar refractivity (Wildman–Crippen MR) is 124 cm³/mol. The highest BCUT2D eigenvalue weighted by molar-refractivity contribution is 7.89. The Labute approximate surface area is 194 Å². The summed E-state index contributed by atoms with van der Waals surface area (Å²) in [6, 6.07) is 12.2. The summed E-state index contributed by atoms with van der Waals surface area (Å²) in [6.07, 6.45) is 1.10. The fourth-order valence-corrected chi connectivity index (χ4v) is 5.12. The number of anilines is 1. The van der Waals surface area contributed by atoms with Gasteiger partial charge in [0.2, 0.25) is 21.8 Å². The van der Waals surface area contributed by atoms with Gasteiger partial charge < -0.3 is 20.1 Å². The molecule has 2 amide bonds. The summed E-state index contributed by atoms with van der Waals surface area (Å²) in [5, 5.41) is 5.44. The molecule has 0 bridgehead atoms. The number of carbonyl (C=O) groups excluding carboxylic acids is 2. The first-order valence-corrected chi connectivity index (χ1v) is 12.1. The molecule has 2 N–H and O–H groups in total. The number of sulfonamides is 1. The average Bonchev–Trinajstić information content (AvgIpc) is 2.84. The number of ether oxygens (including phenoxy) is 2. The highest BCUT2D eigenvalue weighted by Crippen LogP contribution is 2.25. The van der Waals surface area contributed by atoms with Gasteiger partial charge in [0.15, 0.2) is 0 Å². The van der Waals surface area contributed by atoms with Crippen LogP contribution in [0.3, 0.4) is 0 Å². The number of hydrogen-bond acceptors (Lipinski definition) is 6. The maximum Gasteiger partial charge on any atom is 0.246 e. The minimum atomic E-state index is -3.74. The van der Waals surface area contributed by atoms with E-state index >= 15 is 0 Å². The molecule has 0 aliphatic carbocycles. The lowest BCUT2D eigenvalue weighted by Gasteiger charge is -2.31. The van der Waals surface area contributed by atoms with Crippen LogP contribution in [0.2, 0.25) is 0 Å². The molecular weight excluding hydrogens is 446 g/mol. The van der Waals surface area contributed by atoms with Crippen molar-refractivity contribution in [3.8, 4) is 11.5 Å². The van der Waals surface area contributed by atoms with Gasteiger partial charge in [-0.25, -0.2) is 8.42 Å². The third kappa shape index (κ3) is 6.02. The summed E-state index contributed by atoms with van der Waals surface area (Å²) in [7, 11) is -0.672. The van der Waals surface area contributed by atoms with Crippen LogP contribution < -0.4 is 20.1 Å². The molecule has 0 saturated carbocycles. The van der Waals surface area contributed by atoms with Gasteiger partial charge in [-0.3, -0.25) is 9.59 Å². The Bertz CT molecular complexity index is 1070. The lowest BCUT2D eigenvalue weighted by Crippen LogP contribution is -2.49. The topological polar surface area (TPSA) is 114 Å². The highest BCUT2D eigenvalue weighted by atomic mass is 32.2. The van der Waals surface area contributed by atoms with Crippen LogP contribution in [0.15, 0.2) is 53.4 Å². The summed E-state index contributed by atoms with van der Waals surface area (Å²) in [5.74, 6) is -0.0235. The van der Waals surface area contributed by atoms with Gasteiger partial charge in [0.05, 0.1) is 25.0 Å². The van der Waals surface area contributed by atoms with Gasteiger partial charge >= 0.3 is 0 Å². The zero-order valence-corrected chi connectivity index (χ0v) is 19.7. The Morgan fingerprint density at radius 1 is 1.00 bits per heavy atom. The lowest BCUT2D eigenvalue weighted by molar-refractivity contribution is -0.129. The van der Waals surface area contributed by atoms with Crippen molar-refractivity contribution in [2.75, 3.05) is 32.6 Å². The number of amides is 2. The summed E-state index contributed by atoms with van der Waals surface area (Å²) in [5.41, 5.74) is 0.580. The molecule has 3 rings (SSSR count). The van der Waals surface area contributed by atoms with E-state index in [-0.39, 0.29) is 23.3 Å². The van der Waals surface area contributed by atoms with Gasteiger partial charge in [0, 0.05) is 18.8 Å². The Morgan fingerprint density at radius 3 is 2.15 bits per heavy atom. The second kappa shape index (κ2) is 10.7. The summed E-state index contributed by atoms with van der Waals surface area (Å²) >= 11 is 0. The summed E-state index contributed by atoms with van der Waals surface area (Å²) in [4.78, 5) is 25.4. The molecule has 0 spiro atoms. The van der Waals surface area contributed by atoms with Gasteiger partial charge in [-0.15, -0.1) is 0 Å². The molecule has 1 fully saturated rings. The smallest absolute Gasteiger partial charge is 0.246 e. The molecule has 178 valence electrons. The number of hydrogen-bond donors (Lipinski definition) is 2. The van der Waals surface area contributed by atoms with E-state index in [2.05, 4.69) is 10.6 Å². The van der Waals surface area contributed by atoms with E-state index in [4.69, 9.17) is 9.47 Å². The van der Waals surface area contributed by atoms with Crippen LogP contribution in [0.1, 0.15) is 19.8 Å². The number of benzene rings is 2. The number of piperidine rings is 1. The highest BCUT2D eigenvalue weighted by Gasteiger charge is 2.34. The summed E-state index contributed by atoms with van der Waals surface area (Å²) in [6.45, 7) is 1.99. The zero-order chi connectivity index (χ0) is 24.0. The van der Waals surface area contributed by atoms with E-state index in [0.29, 0.717) is 36.6 Å². The van der Waals surface area contributed by atoms with Crippen LogP contribution in [0, 0.1) is 5.92 Å². The molecule has 2 aromatic rings. The Kier molecular flexibility index (Phi) is 7.93. The van der Waals surface area contributed by atoms with Crippen molar-refractivity contribution in [3.05, 3.63) is 48.5 Å². The van der Waals surface area contributed by atoms with Crippen molar-refractivity contribution in [2.24, 2.45) is 5.92 Å². The van der Waals surface area contributed by atoms with Gasteiger partial charge in [0.1, 0.15) is 17.5 Å². The van der Waals surface area contributed by atoms with Crippen molar-refractivity contribution in [1.29, 1.82) is 0 Å². The van der Waals surface area contributed by atoms with Crippen LogP contribution in [-0.2, 0) is 19.6 Å². The van der Waals surface area contributed by atoms with Gasteiger partial charge in [-0.05, 0) is 68.3 Å². The molecule has 10 heteroatoms. The Morgan fingerprint density at radius 2 is 1.58 bits per heavy atom. The third-order valence-corrected chi connectivity index (χ3v) is 7.44. The quantitative estimate of drug-likeness (QED) is 0.605. The maximum atomic E-state index is 13.0. The van der Waals surface area contributed by atoms with Gasteiger partial charge in [0.25, 0.3) is 0 Å². The van der Waals surface area contributed by atoms with Crippen LogP contribution in [-0.4, -0.2) is 57.9 Å². The number of rotatable bonds is 8. The Balaban J connectivity index is 1.59.